The maximum atomic E-state index is 13.9. The summed E-state index contributed by atoms with van der Waals surface area (Å²) in [4.78, 5) is 55.8. The zero-order valence-electron chi connectivity index (χ0n) is 27.0. The Labute approximate surface area is 265 Å². The summed E-state index contributed by atoms with van der Waals surface area (Å²) in [7, 11) is 5.52. The fourth-order valence-corrected chi connectivity index (χ4v) is 9.23. The number of carbonyl (C=O) groups excluding carboxylic acids is 4. The number of hydrogen-bond acceptors (Lipinski definition) is 7. The van der Waals surface area contributed by atoms with Crippen LogP contribution in [-0.2, 0) is 23.9 Å². The van der Waals surface area contributed by atoms with Gasteiger partial charge in [0.15, 0.2) is 17.2 Å². The van der Waals surface area contributed by atoms with Gasteiger partial charge in [0.2, 0.25) is 5.78 Å². The molecule has 236 valence electrons. The van der Waals surface area contributed by atoms with Gasteiger partial charge in [-0.15, -0.1) is 0 Å². The van der Waals surface area contributed by atoms with Crippen LogP contribution in [0.4, 0.5) is 5.69 Å². The lowest BCUT2D eigenvalue weighted by atomic mass is 9.50. The Morgan fingerprint density at radius 2 is 1.64 bits per heavy atom. The number of fused-ring (bicyclic) bond motifs is 4. The van der Waals surface area contributed by atoms with Gasteiger partial charge >= 0.3 is 5.97 Å². The van der Waals surface area contributed by atoms with E-state index in [4.69, 9.17) is 9.47 Å². The molecule has 0 saturated heterocycles. The minimum atomic E-state index is -1.27. The third kappa shape index (κ3) is 5.00. The molecule has 3 unspecified atom stereocenters. The van der Waals surface area contributed by atoms with Crippen molar-refractivity contribution in [1.82, 2.24) is 0 Å². The van der Waals surface area contributed by atoms with E-state index in [1.165, 1.54) is 19.6 Å². The van der Waals surface area contributed by atoms with Gasteiger partial charge in [-0.2, -0.15) is 0 Å². The molecule has 2 fully saturated rings. The number of allylic oxidation sites excluding steroid dienone is 4. The molecule has 5 atom stereocenters. The number of nitrogens with zero attached hydrogens (tertiary/aromatic N) is 1. The van der Waals surface area contributed by atoms with E-state index in [0.717, 1.165) is 35.2 Å². The molecule has 7 heteroatoms. The minimum Gasteiger partial charge on any atom is -0.451 e. The lowest BCUT2D eigenvalue weighted by Gasteiger charge is -2.55. The van der Waals surface area contributed by atoms with Crippen molar-refractivity contribution in [3.63, 3.8) is 0 Å². The molecule has 0 aliphatic heterocycles. The van der Waals surface area contributed by atoms with Crippen LogP contribution < -0.4 is 4.90 Å². The molecular formula is C38H43NO6. The van der Waals surface area contributed by atoms with Crippen LogP contribution in [0.1, 0.15) is 80.6 Å². The Balaban J connectivity index is 1.55. The van der Waals surface area contributed by atoms with E-state index in [0.29, 0.717) is 43.2 Å². The number of rotatable bonds is 8. The number of ether oxygens (including phenoxy) is 2. The third-order valence-electron chi connectivity index (χ3n) is 11.2. The van der Waals surface area contributed by atoms with Crippen molar-refractivity contribution >= 4 is 29.0 Å². The molecule has 0 aromatic heterocycles. The summed E-state index contributed by atoms with van der Waals surface area (Å²) in [5.41, 5.74) is 4.57. The first-order valence-electron chi connectivity index (χ1n) is 16.1. The van der Waals surface area contributed by atoms with E-state index >= 15 is 0 Å². The zero-order valence-corrected chi connectivity index (χ0v) is 27.0. The zero-order chi connectivity index (χ0) is 32.1. The summed E-state index contributed by atoms with van der Waals surface area (Å²) < 4.78 is 11.5. The first-order valence-corrected chi connectivity index (χ1v) is 16.1. The largest absolute Gasteiger partial charge is 0.451 e. The highest BCUT2D eigenvalue weighted by molar-refractivity contribution is 6.27. The van der Waals surface area contributed by atoms with Crippen LogP contribution >= 0.6 is 0 Å². The van der Waals surface area contributed by atoms with Crippen LogP contribution in [0.15, 0.2) is 76.9 Å². The third-order valence-corrected chi connectivity index (χ3v) is 11.2. The van der Waals surface area contributed by atoms with Crippen LogP contribution in [0.5, 0.6) is 0 Å². The number of anilines is 1. The van der Waals surface area contributed by atoms with Crippen molar-refractivity contribution in [3.05, 3.63) is 88.0 Å². The van der Waals surface area contributed by atoms with Gasteiger partial charge < -0.3 is 14.4 Å². The molecule has 2 saturated carbocycles. The second-order valence-corrected chi connectivity index (χ2v) is 13.6. The van der Waals surface area contributed by atoms with Gasteiger partial charge in [0.1, 0.15) is 6.61 Å². The molecule has 7 nitrogen and oxygen atoms in total. The summed E-state index contributed by atoms with van der Waals surface area (Å²) in [6.45, 7) is 3.41. The van der Waals surface area contributed by atoms with E-state index in [-0.39, 0.29) is 41.7 Å². The van der Waals surface area contributed by atoms with Gasteiger partial charge in [-0.1, -0.05) is 55.0 Å². The lowest BCUT2D eigenvalue weighted by molar-refractivity contribution is -0.185. The monoisotopic (exact) mass is 609 g/mol. The summed E-state index contributed by atoms with van der Waals surface area (Å²) in [6.07, 6.45) is 4.14. The number of carbonyl (C=O) groups is 4. The normalized spacial score (nSPS) is 29.1. The number of methoxy groups -OCH3 is 1. The maximum absolute atomic E-state index is 13.9. The fraction of sp³-hybridized carbons (Fsp3) is 0.474. The molecule has 0 bridgehead atoms. The van der Waals surface area contributed by atoms with Gasteiger partial charge in [0.25, 0.3) is 0 Å². The number of esters is 1. The molecule has 0 heterocycles. The fourth-order valence-electron chi connectivity index (χ4n) is 9.23. The van der Waals surface area contributed by atoms with E-state index in [1.54, 1.807) is 12.1 Å². The van der Waals surface area contributed by atoms with Crippen molar-refractivity contribution in [2.45, 2.75) is 70.3 Å². The van der Waals surface area contributed by atoms with Crippen LogP contribution in [-0.4, -0.2) is 56.7 Å². The molecule has 2 aromatic carbocycles. The Morgan fingerprint density at radius 3 is 2.29 bits per heavy atom. The van der Waals surface area contributed by atoms with E-state index in [2.05, 4.69) is 36.1 Å². The summed E-state index contributed by atoms with van der Waals surface area (Å²) in [6, 6.07) is 17.6. The van der Waals surface area contributed by atoms with Crippen molar-refractivity contribution < 1.29 is 28.7 Å². The minimum absolute atomic E-state index is 0.0672. The average Bonchev–Trinajstić information content (AvgIpc) is 3.32. The number of benzene rings is 2. The molecule has 4 aliphatic carbocycles. The predicted octanol–water partition coefficient (Wildman–Crippen LogP) is 6.42. The van der Waals surface area contributed by atoms with E-state index < -0.39 is 17.0 Å². The molecule has 0 spiro atoms. The van der Waals surface area contributed by atoms with Crippen molar-refractivity contribution in [2.24, 2.45) is 17.3 Å². The standard InChI is InChI=1S/C38H43NO6/c1-23(40)45-38(33(42)22-44-5)20-19-31-29-16-15-28-27(17-18-32(41)35(28)36(43)25-9-7-6-8-10-25)34(29)30(21-37(31,38)2)24-11-13-26(14-12-24)39(3)4/h6-14,29-31H,15-22H2,1-5H3/t29?,30?,31?,37-,38-/m0/s1. The second-order valence-electron chi connectivity index (χ2n) is 13.6. The van der Waals surface area contributed by atoms with E-state index in [1.807, 2.05) is 32.3 Å². The molecule has 0 radical (unpaired) electrons. The van der Waals surface area contributed by atoms with Crippen LogP contribution in [0.3, 0.4) is 0 Å². The molecule has 6 rings (SSSR count). The quantitative estimate of drug-likeness (QED) is 0.194. The van der Waals surface area contributed by atoms with Gasteiger partial charge in [0.05, 0.1) is 5.57 Å². The Bertz CT molecular complexity index is 1600. The Hall–Kier alpha value is -3.84. The van der Waals surface area contributed by atoms with Crippen molar-refractivity contribution in [1.29, 1.82) is 0 Å². The molecule has 4 aliphatic rings. The second kappa shape index (κ2) is 11.8. The van der Waals surface area contributed by atoms with Gasteiger partial charge in [-0.05, 0) is 79.2 Å². The first-order chi connectivity index (χ1) is 21.5. The first kappa shape index (κ1) is 31.2. The maximum Gasteiger partial charge on any atom is 0.303 e. The lowest BCUT2D eigenvalue weighted by Crippen LogP contribution is -2.58. The Kier molecular flexibility index (Phi) is 8.19. The van der Waals surface area contributed by atoms with Crippen LogP contribution in [0.2, 0.25) is 0 Å². The average molecular weight is 610 g/mol. The van der Waals surface area contributed by atoms with Crippen LogP contribution in [0, 0.1) is 17.3 Å². The van der Waals surface area contributed by atoms with Gasteiger partial charge in [-0.3, -0.25) is 19.2 Å². The highest BCUT2D eigenvalue weighted by Crippen LogP contribution is 2.68. The number of ketones is 3. The van der Waals surface area contributed by atoms with E-state index in [9.17, 15) is 19.2 Å². The topological polar surface area (TPSA) is 90.0 Å². The van der Waals surface area contributed by atoms with Gasteiger partial charge in [-0.25, -0.2) is 0 Å². The SMILES string of the molecule is COCC(=O)[C@@]1(OC(C)=O)CCC2C3CCC4=C(C(=O)c5ccccc5)C(=O)CCC4=C3C(c3ccc(N(C)C)cc3)C[C@@]21C. The molecule has 0 N–H and O–H groups in total. The predicted molar refractivity (Wildman–Crippen MR) is 172 cm³/mol. The van der Waals surface area contributed by atoms with Crippen molar-refractivity contribution in [3.8, 4) is 0 Å². The molecule has 0 amide bonds. The highest BCUT2D eigenvalue weighted by atomic mass is 16.6. The summed E-state index contributed by atoms with van der Waals surface area (Å²) in [5.74, 6) is -0.740. The molecular weight excluding hydrogens is 566 g/mol. The summed E-state index contributed by atoms with van der Waals surface area (Å²) in [5, 5.41) is 0. The number of hydrogen-bond donors (Lipinski definition) is 0. The molecule has 45 heavy (non-hydrogen) atoms. The van der Waals surface area contributed by atoms with Crippen LogP contribution in [0.25, 0.3) is 0 Å². The smallest absolute Gasteiger partial charge is 0.303 e. The van der Waals surface area contributed by atoms with Gasteiger partial charge in [0, 0.05) is 57.1 Å². The highest BCUT2D eigenvalue weighted by Gasteiger charge is 2.68. The van der Waals surface area contributed by atoms with Crippen molar-refractivity contribution in [2.75, 3.05) is 32.7 Å². The number of Topliss-reactive ketones (excluding diaryl/α,β-unsaturated/α-hetero) is 3. The molecule has 2 aromatic rings. The summed E-state index contributed by atoms with van der Waals surface area (Å²) >= 11 is 0. The Morgan fingerprint density at radius 1 is 0.933 bits per heavy atom.